The number of aliphatic hydroxyl groups excluding tert-OH is 1. The standard InChI is InChI=1S/C25H36O4Si/c1-24(2,3)30(22-12-8-6-9-13-22,23-14-10-7-11-15-23)28-17-16-20(26)18-21-19-27-25(4,5)29-21/h6-15,20-21,26H,16-19H2,1-5H3/t20-,21?/m0/s1. The summed E-state index contributed by atoms with van der Waals surface area (Å²) in [5.41, 5.74) is 0. The Balaban J connectivity index is 1.77. The lowest BCUT2D eigenvalue weighted by molar-refractivity contribution is -0.141. The fourth-order valence-corrected chi connectivity index (χ4v) is 8.99. The van der Waals surface area contributed by atoms with Crippen molar-refractivity contribution < 1.29 is 19.0 Å². The van der Waals surface area contributed by atoms with E-state index in [2.05, 4.69) is 69.3 Å². The zero-order chi connectivity index (χ0) is 21.8. The second-order valence-electron chi connectivity index (χ2n) is 9.64. The van der Waals surface area contributed by atoms with E-state index in [9.17, 15) is 5.11 Å². The monoisotopic (exact) mass is 428 g/mol. The number of aliphatic hydroxyl groups is 1. The van der Waals surface area contributed by atoms with E-state index in [1.54, 1.807) is 0 Å². The van der Waals surface area contributed by atoms with Crippen LogP contribution in [-0.2, 0) is 13.9 Å². The molecule has 1 unspecified atom stereocenters. The molecule has 0 radical (unpaired) electrons. The molecule has 0 saturated carbocycles. The van der Waals surface area contributed by atoms with E-state index in [-0.39, 0.29) is 11.1 Å². The summed E-state index contributed by atoms with van der Waals surface area (Å²) in [5.74, 6) is -0.560. The molecule has 164 valence electrons. The maximum atomic E-state index is 10.6. The Hall–Kier alpha value is -1.50. The fraction of sp³-hybridized carbons (Fsp3) is 0.520. The van der Waals surface area contributed by atoms with Crippen LogP contribution in [0.3, 0.4) is 0 Å². The van der Waals surface area contributed by atoms with Gasteiger partial charge in [0.05, 0.1) is 18.8 Å². The van der Waals surface area contributed by atoms with Crippen LogP contribution in [0, 0.1) is 0 Å². The van der Waals surface area contributed by atoms with Gasteiger partial charge in [-0.25, -0.2) is 0 Å². The van der Waals surface area contributed by atoms with E-state index < -0.39 is 20.2 Å². The molecule has 0 aromatic heterocycles. The van der Waals surface area contributed by atoms with E-state index >= 15 is 0 Å². The van der Waals surface area contributed by atoms with Crippen LogP contribution in [0.2, 0.25) is 5.04 Å². The van der Waals surface area contributed by atoms with Gasteiger partial charge in [0.2, 0.25) is 0 Å². The minimum atomic E-state index is -2.55. The lowest BCUT2D eigenvalue weighted by atomic mass is 10.1. The Labute approximate surface area is 182 Å². The summed E-state index contributed by atoms with van der Waals surface area (Å²) in [6.45, 7) is 11.6. The molecular weight excluding hydrogens is 392 g/mol. The van der Waals surface area contributed by atoms with Crippen LogP contribution in [0.4, 0.5) is 0 Å². The van der Waals surface area contributed by atoms with Crippen LogP contribution in [0.1, 0.15) is 47.5 Å². The van der Waals surface area contributed by atoms with Gasteiger partial charge in [-0.2, -0.15) is 0 Å². The Morgan fingerprint density at radius 2 is 1.57 bits per heavy atom. The van der Waals surface area contributed by atoms with Crippen molar-refractivity contribution in [3.63, 3.8) is 0 Å². The molecule has 4 nitrogen and oxygen atoms in total. The minimum absolute atomic E-state index is 0.0624. The summed E-state index contributed by atoms with van der Waals surface area (Å²) in [5, 5.41) is 13.1. The third-order valence-corrected chi connectivity index (χ3v) is 10.8. The van der Waals surface area contributed by atoms with Crippen molar-refractivity contribution in [3.8, 4) is 0 Å². The molecule has 2 atom stereocenters. The largest absolute Gasteiger partial charge is 0.407 e. The summed E-state index contributed by atoms with van der Waals surface area (Å²) in [6.07, 6.45) is 0.590. The van der Waals surface area contributed by atoms with Crippen molar-refractivity contribution in [2.24, 2.45) is 0 Å². The van der Waals surface area contributed by atoms with Gasteiger partial charge in [-0.05, 0) is 35.7 Å². The number of hydrogen-bond donors (Lipinski definition) is 1. The van der Waals surface area contributed by atoms with Gasteiger partial charge in [0.15, 0.2) is 5.79 Å². The molecular formula is C25H36O4Si. The highest BCUT2D eigenvalue weighted by atomic mass is 28.4. The third-order valence-electron chi connectivity index (χ3n) is 5.79. The highest BCUT2D eigenvalue weighted by molar-refractivity contribution is 6.99. The summed E-state index contributed by atoms with van der Waals surface area (Å²) >= 11 is 0. The maximum absolute atomic E-state index is 10.6. The molecule has 0 amide bonds. The first-order valence-corrected chi connectivity index (χ1v) is 12.8. The Kier molecular flexibility index (Phi) is 7.20. The smallest absolute Gasteiger partial charge is 0.261 e. The van der Waals surface area contributed by atoms with Crippen molar-refractivity contribution in [2.45, 2.75) is 70.5 Å². The van der Waals surface area contributed by atoms with Crippen molar-refractivity contribution in [1.29, 1.82) is 0 Å². The molecule has 3 rings (SSSR count). The zero-order valence-electron chi connectivity index (χ0n) is 18.9. The van der Waals surface area contributed by atoms with Gasteiger partial charge in [0.25, 0.3) is 8.32 Å². The van der Waals surface area contributed by atoms with E-state index in [0.717, 1.165) is 0 Å². The average Bonchev–Trinajstić information content (AvgIpc) is 3.04. The second-order valence-corrected chi connectivity index (χ2v) is 13.9. The summed E-state index contributed by atoms with van der Waals surface area (Å²) in [7, 11) is -2.55. The minimum Gasteiger partial charge on any atom is -0.407 e. The molecule has 5 heteroatoms. The molecule has 1 heterocycles. The average molecular weight is 429 g/mol. The molecule has 30 heavy (non-hydrogen) atoms. The summed E-state index contributed by atoms with van der Waals surface area (Å²) in [4.78, 5) is 0. The van der Waals surface area contributed by atoms with Crippen molar-refractivity contribution >= 4 is 18.7 Å². The molecule has 0 bridgehead atoms. The van der Waals surface area contributed by atoms with Gasteiger partial charge >= 0.3 is 0 Å². The van der Waals surface area contributed by atoms with E-state index in [4.69, 9.17) is 13.9 Å². The van der Waals surface area contributed by atoms with E-state index in [0.29, 0.717) is 26.1 Å². The van der Waals surface area contributed by atoms with Gasteiger partial charge in [-0.1, -0.05) is 81.4 Å². The van der Waals surface area contributed by atoms with E-state index in [1.165, 1.54) is 10.4 Å². The number of hydrogen-bond acceptors (Lipinski definition) is 4. The normalized spacial score (nSPS) is 20.3. The fourth-order valence-electron chi connectivity index (χ4n) is 4.41. The molecule has 0 aliphatic carbocycles. The van der Waals surface area contributed by atoms with Crippen molar-refractivity contribution in [1.82, 2.24) is 0 Å². The van der Waals surface area contributed by atoms with Gasteiger partial charge in [-0.3, -0.25) is 0 Å². The molecule has 1 aliphatic rings. The van der Waals surface area contributed by atoms with Gasteiger partial charge < -0.3 is 19.0 Å². The van der Waals surface area contributed by atoms with Crippen LogP contribution in [0.5, 0.6) is 0 Å². The lowest BCUT2D eigenvalue weighted by Crippen LogP contribution is -2.66. The highest BCUT2D eigenvalue weighted by Gasteiger charge is 2.50. The van der Waals surface area contributed by atoms with Crippen LogP contribution in [0.25, 0.3) is 0 Å². The van der Waals surface area contributed by atoms with Crippen molar-refractivity contribution in [3.05, 3.63) is 60.7 Å². The van der Waals surface area contributed by atoms with Crippen molar-refractivity contribution in [2.75, 3.05) is 13.2 Å². The quantitative estimate of drug-likeness (QED) is 0.649. The number of rotatable bonds is 8. The van der Waals surface area contributed by atoms with Gasteiger partial charge in [-0.15, -0.1) is 0 Å². The molecule has 1 fully saturated rings. The van der Waals surface area contributed by atoms with Gasteiger partial charge in [0.1, 0.15) is 0 Å². The lowest BCUT2D eigenvalue weighted by Gasteiger charge is -2.43. The first-order valence-electron chi connectivity index (χ1n) is 10.9. The molecule has 1 aliphatic heterocycles. The van der Waals surface area contributed by atoms with Crippen LogP contribution in [0.15, 0.2) is 60.7 Å². The maximum Gasteiger partial charge on any atom is 0.261 e. The molecule has 2 aromatic rings. The predicted octanol–water partition coefficient (Wildman–Crippen LogP) is 3.86. The first kappa shape index (κ1) is 23.2. The summed E-state index contributed by atoms with van der Waals surface area (Å²) in [6, 6.07) is 21.2. The predicted molar refractivity (Wildman–Crippen MR) is 124 cm³/mol. The number of benzene rings is 2. The van der Waals surface area contributed by atoms with Gasteiger partial charge in [0, 0.05) is 13.0 Å². The second kappa shape index (κ2) is 9.33. The van der Waals surface area contributed by atoms with E-state index in [1.807, 2.05) is 26.0 Å². The van der Waals surface area contributed by atoms with Crippen LogP contribution >= 0.6 is 0 Å². The Bertz CT molecular complexity index is 746. The Morgan fingerprint density at radius 1 is 1.03 bits per heavy atom. The number of ether oxygens (including phenoxy) is 2. The molecule has 1 N–H and O–H groups in total. The highest BCUT2D eigenvalue weighted by Crippen LogP contribution is 2.37. The van der Waals surface area contributed by atoms with Crippen LogP contribution in [-0.4, -0.2) is 44.6 Å². The third kappa shape index (κ3) is 5.21. The Morgan fingerprint density at radius 3 is 2.00 bits per heavy atom. The molecule has 1 saturated heterocycles. The first-order chi connectivity index (χ1) is 14.1. The zero-order valence-corrected chi connectivity index (χ0v) is 19.9. The molecule has 2 aromatic carbocycles. The molecule has 0 spiro atoms. The topological polar surface area (TPSA) is 47.9 Å². The summed E-state index contributed by atoms with van der Waals surface area (Å²) < 4.78 is 18.3. The van der Waals surface area contributed by atoms with Crippen LogP contribution < -0.4 is 10.4 Å². The SMILES string of the molecule is CC1(C)OCC(C[C@@H](O)CCO[Si](c2ccccc2)(c2ccccc2)C(C)(C)C)O1.